The number of hydrogen-bond donors (Lipinski definition) is 2. The molecule has 3 rings (SSSR count). The number of aromatic nitrogens is 3. The first-order chi connectivity index (χ1) is 8.67. The van der Waals surface area contributed by atoms with Crippen LogP contribution in [-0.2, 0) is 5.54 Å². The Balaban J connectivity index is 0.00000133. The molecule has 7 heteroatoms. The summed E-state index contributed by atoms with van der Waals surface area (Å²) in [5, 5.41) is 3.95. The van der Waals surface area contributed by atoms with E-state index in [0.717, 1.165) is 25.7 Å². The second-order valence-electron chi connectivity index (χ2n) is 4.73. The summed E-state index contributed by atoms with van der Waals surface area (Å²) in [4.78, 5) is 18.1. The Kier molecular flexibility index (Phi) is 3.73. The molecule has 0 atom stereocenters. The summed E-state index contributed by atoms with van der Waals surface area (Å²) in [5.74, 6) is 0.878. The van der Waals surface area contributed by atoms with Crippen molar-refractivity contribution in [3.05, 3.63) is 34.5 Å². The standard InChI is InChI=1S/C12H14N4O2.ClH/c13-12(4-1-2-5-12)11-15-10(18-16-11)8-3-6-14-9(17)7-8;/h3,6-7H,1-2,4-5,13H2,(H,14,17);1H. The molecule has 0 aliphatic heterocycles. The van der Waals surface area contributed by atoms with Crippen LogP contribution in [0.25, 0.3) is 11.5 Å². The summed E-state index contributed by atoms with van der Waals surface area (Å²) in [6, 6.07) is 3.14. The van der Waals surface area contributed by atoms with Crippen molar-refractivity contribution < 1.29 is 4.52 Å². The van der Waals surface area contributed by atoms with Crippen LogP contribution in [-0.4, -0.2) is 15.1 Å². The van der Waals surface area contributed by atoms with Gasteiger partial charge in [0.25, 0.3) is 5.89 Å². The SMILES string of the molecule is Cl.NC1(c2noc(-c3cc[nH]c(=O)c3)n2)CCCC1. The van der Waals surface area contributed by atoms with Gasteiger partial charge in [0.2, 0.25) is 5.56 Å². The summed E-state index contributed by atoms with van der Waals surface area (Å²) in [5.41, 5.74) is 6.19. The van der Waals surface area contributed by atoms with Crippen molar-refractivity contribution in [2.24, 2.45) is 5.73 Å². The highest BCUT2D eigenvalue weighted by Crippen LogP contribution is 2.35. The summed E-state index contributed by atoms with van der Waals surface area (Å²) >= 11 is 0. The maximum absolute atomic E-state index is 11.2. The van der Waals surface area contributed by atoms with Crippen molar-refractivity contribution in [2.75, 3.05) is 0 Å². The zero-order chi connectivity index (χ0) is 12.6. The zero-order valence-corrected chi connectivity index (χ0v) is 11.1. The molecule has 1 aliphatic carbocycles. The predicted octanol–water partition coefficient (Wildman–Crippen LogP) is 1.57. The third kappa shape index (κ3) is 2.54. The third-order valence-corrected chi connectivity index (χ3v) is 3.39. The van der Waals surface area contributed by atoms with Crippen molar-refractivity contribution in [3.8, 4) is 11.5 Å². The van der Waals surface area contributed by atoms with Gasteiger partial charge in [0.05, 0.1) is 5.54 Å². The van der Waals surface area contributed by atoms with Crippen molar-refractivity contribution in [3.63, 3.8) is 0 Å². The number of nitrogens with zero attached hydrogens (tertiary/aromatic N) is 2. The molecule has 0 saturated heterocycles. The quantitative estimate of drug-likeness (QED) is 0.871. The van der Waals surface area contributed by atoms with Gasteiger partial charge >= 0.3 is 0 Å². The van der Waals surface area contributed by atoms with Crippen LogP contribution in [0.1, 0.15) is 31.5 Å². The molecule has 19 heavy (non-hydrogen) atoms. The fourth-order valence-electron chi connectivity index (χ4n) is 2.35. The molecule has 1 saturated carbocycles. The van der Waals surface area contributed by atoms with Gasteiger partial charge in [-0.25, -0.2) is 0 Å². The van der Waals surface area contributed by atoms with Gasteiger partial charge in [-0.3, -0.25) is 4.79 Å². The Morgan fingerprint density at radius 3 is 2.79 bits per heavy atom. The van der Waals surface area contributed by atoms with Crippen molar-refractivity contribution in [1.29, 1.82) is 0 Å². The summed E-state index contributed by atoms with van der Waals surface area (Å²) in [6.45, 7) is 0. The van der Waals surface area contributed by atoms with Gasteiger partial charge in [-0.1, -0.05) is 18.0 Å². The predicted molar refractivity (Wildman–Crippen MR) is 71.9 cm³/mol. The molecule has 0 amide bonds. The van der Waals surface area contributed by atoms with E-state index in [2.05, 4.69) is 15.1 Å². The van der Waals surface area contributed by atoms with E-state index >= 15 is 0 Å². The van der Waals surface area contributed by atoms with E-state index in [1.807, 2.05) is 0 Å². The Hall–Kier alpha value is -1.66. The second kappa shape index (κ2) is 5.14. The van der Waals surface area contributed by atoms with Crippen LogP contribution >= 0.6 is 12.4 Å². The van der Waals surface area contributed by atoms with E-state index < -0.39 is 5.54 Å². The molecule has 0 unspecified atom stereocenters. The lowest BCUT2D eigenvalue weighted by Gasteiger charge is -2.17. The number of H-pyrrole nitrogens is 1. The van der Waals surface area contributed by atoms with Crippen LogP contribution < -0.4 is 11.3 Å². The Morgan fingerprint density at radius 1 is 1.37 bits per heavy atom. The van der Waals surface area contributed by atoms with Gasteiger partial charge in [0.1, 0.15) is 0 Å². The summed E-state index contributed by atoms with van der Waals surface area (Å²) in [6.07, 6.45) is 5.48. The number of halogens is 1. The molecule has 2 aromatic heterocycles. The topological polar surface area (TPSA) is 97.8 Å². The highest BCUT2D eigenvalue weighted by Gasteiger charge is 2.36. The number of nitrogens with one attached hydrogen (secondary N) is 1. The minimum atomic E-state index is -0.469. The Morgan fingerprint density at radius 2 is 2.11 bits per heavy atom. The van der Waals surface area contributed by atoms with Gasteiger partial charge in [-0.2, -0.15) is 4.98 Å². The maximum Gasteiger partial charge on any atom is 0.258 e. The molecule has 0 bridgehead atoms. The molecular weight excluding hydrogens is 268 g/mol. The minimum absolute atomic E-state index is 0. The fraction of sp³-hybridized carbons (Fsp3) is 0.417. The smallest absolute Gasteiger partial charge is 0.258 e. The lowest BCUT2D eigenvalue weighted by atomic mass is 9.99. The first-order valence-corrected chi connectivity index (χ1v) is 6.00. The maximum atomic E-state index is 11.2. The first kappa shape index (κ1) is 13.8. The monoisotopic (exact) mass is 282 g/mol. The lowest BCUT2D eigenvalue weighted by Crippen LogP contribution is -2.34. The van der Waals surface area contributed by atoms with E-state index in [4.69, 9.17) is 10.3 Å². The largest absolute Gasteiger partial charge is 0.334 e. The van der Waals surface area contributed by atoms with E-state index in [1.165, 1.54) is 6.07 Å². The number of hydrogen-bond acceptors (Lipinski definition) is 5. The third-order valence-electron chi connectivity index (χ3n) is 3.39. The van der Waals surface area contributed by atoms with E-state index in [9.17, 15) is 4.79 Å². The van der Waals surface area contributed by atoms with E-state index in [1.54, 1.807) is 12.3 Å². The van der Waals surface area contributed by atoms with Crippen molar-refractivity contribution >= 4 is 12.4 Å². The number of pyridine rings is 1. The number of nitrogens with two attached hydrogens (primary N) is 1. The summed E-state index contributed by atoms with van der Waals surface area (Å²) in [7, 11) is 0. The number of rotatable bonds is 2. The van der Waals surface area contributed by atoms with Crippen LogP contribution in [0.5, 0.6) is 0 Å². The summed E-state index contributed by atoms with van der Waals surface area (Å²) < 4.78 is 5.19. The van der Waals surface area contributed by atoms with Gasteiger partial charge in [-0.15, -0.1) is 12.4 Å². The average molecular weight is 283 g/mol. The van der Waals surface area contributed by atoms with Crippen molar-refractivity contribution in [1.82, 2.24) is 15.1 Å². The second-order valence-corrected chi connectivity index (χ2v) is 4.73. The average Bonchev–Trinajstić information content (AvgIpc) is 2.98. The first-order valence-electron chi connectivity index (χ1n) is 6.00. The minimum Gasteiger partial charge on any atom is -0.334 e. The van der Waals surface area contributed by atoms with Crippen molar-refractivity contribution in [2.45, 2.75) is 31.2 Å². The van der Waals surface area contributed by atoms with E-state index in [-0.39, 0.29) is 18.0 Å². The Bertz CT molecular complexity index is 616. The highest BCUT2D eigenvalue weighted by atomic mass is 35.5. The Labute approximate surface area is 115 Å². The van der Waals surface area contributed by atoms with Gasteiger partial charge < -0.3 is 15.2 Å². The highest BCUT2D eigenvalue weighted by molar-refractivity contribution is 5.85. The van der Waals surface area contributed by atoms with Crippen LogP contribution in [0.15, 0.2) is 27.6 Å². The van der Waals surface area contributed by atoms with E-state index in [0.29, 0.717) is 17.3 Å². The van der Waals surface area contributed by atoms with Crippen LogP contribution in [0.3, 0.4) is 0 Å². The molecular formula is C12H15ClN4O2. The van der Waals surface area contributed by atoms with Gasteiger partial charge in [-0.05, 0) is 18.9 Å². The molecule has 2 aromatic rings. The molecule has 0 radical (unpaired) electrons. The number of aromatic amines is 1. The molecule has 6 nitrogen and oxygen atoms in total. The molecule has 2 heterocycles. The molecule has 3 N–H and O–H groups in total. The molecule has 0 aromatic carbocycles. The van der Waals surface area contributed by atoms with Crippen LogP contribution in [0.4, 0.5) is 0 Å². The molecule has 102 valence electrons. The van der Waals surface area contributed by atoms with Crippen LogP contribution in [0, 0.1) is 0 Å². The van der Waals surface area contributed by atoms with Gasteiger partial charge in [0.15, 0.2) is 5.82 Å². The lowest BCUT2D eigenvalue weighted by molar-refractivity contribution is 0.372. The molecule has 1 aliphatic rings. The fourth-order valence-corrected chi connectivity index (χ4v) is 2.35. The molecule has 1 fully saturated rings. The zero-order valence-electron chi connectivity index (χ0n) is 10.3. The van der Waals surface area contributed by atoms with Gasteiger partial charge in [0, 0.05) is 17.8 Å². The molecule has 0 spiro atoms. The van der Waals surface area contributed by atoms with Crippen LogP contribution in [0.2, 0.25) is 0 Å². The normalized spacial score (nSPS) is 17.1.